The van der Waals surface area contributed by atoms with Gasteiger partial charge in [-0.3, -0.25) is 0 Å². The Morgan fingerprint density at radius 3 is 2.69 bits per heavy atom. The summed E-state index contributed by atoms with van der Waals surface area (Å²) in [6, 6.07) is 12.5. The summed E-state index contributed by atoms with van der Waals surface area (Å²) in [6.07, 6.45) is 4.21. The lowest BCUT2D eigenvalue weighted by atomic mass is 9.92. The third-order valence-electron chi connectivity index (χ3n) is 4.44. The highest BCUT2D eigenvalue weighted by atomic mass is 15.1. The highest BCUT2D eigenvalue weighted by Crippen LogP contribution is 2.64. The maximum Gasteiger partial charge on any atom is 0.0207 e. The van der Waals surface area contributed by atoms with E-state index in [1.165, 1.54) is 19.3 Å². The van der Waals surface area contributed by atoms with Crippen molar-refractivity contribution in [3.63, 3.8) is 0 Å². The Bertz CT molecular complexity index is 370. The van der Waals surface area contributed by atoms with Crippen LogP contribution in [0.1, 0.15) is 38.7 Å². The van der Waals surface area contributed by atoms with Gasteiger partial charge in [-0.2, -0.15) is 0 Å². The van der Waals surface area contributed by atoms with Crippen molar-refractivity contribution in [2.75, 3.05) is 0 Å². The van der Waals surface area contributed by atoms with E-state index in [1.54, 1.807) is 5.56 Å². The van der Waals surface area contributed by atoms with Crippen molar-refractivity contribution in [2.24, 2.45) is 5.92 Å². The first-order chi connectivity index (χ1) is 7.75. The summed E-state index contributed by atoms with van der Waals surface area (Å²) >= 11 is 0. The minimum atomic E-state index is 0.492. The van der Waals surface area contributed by atoms with Crippen LogP contribution in [0.2, 0.25) is 0 Å². The standard InChI is InChI=1S/C15H21N/c1-11(2)16-14-13-9-6-10-15(13,14)12-7-4-3-5-8-12/h3-5,7-8,11,13-14,16H,6,9-10H2,1-2H3/t13?,14-,15?/m1/s1. The molecule has 0 radical (unpaired) electrons. The third-order valence-corrected chi connectivity index (χ3v) is 4.44. The van der Waals surface area contributed by atoms with E-state index in [0.717, 1.165) is 12.0 Å². The van der Waals surface area contributed by atoms with Crippen LogP contribution in [0.15, 0.2) is 30.3 Å². The van der Waals surface area contributed by atoms with Crippen LogP contribution in [-0.4, -0.2) is 12.1 Å². The van der Waals surface area contributed by atoms with Gasteiger partial charge in [-0.25, -0.2) is 0 Å². The predicted molar refractivity (Wildman–Crippen MR) is 67.5 cm³/mol. The van der Waals surface area contributed by atoms with Crippen LogP contribution in [0.4, 0.5) is 0 Å². The van der Waals surface area contributed by atoms with Crippen LogP contribution in [0.25, 0.3) is 0 Å². The minimum Gasteiger partial charge on any atom is -0.311 e. The van der Waals surface area contributed by atoms with Gasteiger partial charge in [0.15, 0.2) is 0 Å². The topological polar surface area (TPSA) is 12.0 Å². The molecule has 1 heteroatoms. The summed E-state index contributed by atoms with van der Waals surface area (Å²) < 4.78 is 0. The fourth-order valence-electron chi connectivity index (χ4n) is 3.81. The van der Waals surface area contributed by atoms with Crippen LogP contribution < -0.4 is 5.32 Å². The number of fused-ring (bicyclic) bond motifs is 1. The van der Waals surface area contributed by atoms with Gasteiger partial charge < -0.3 is 5.32 Å². The van der Waals surface area contributed by atoms with E-state index in [2.05, 4.69) is 49.5 Å². The molecule has 1 nitrogen and oxygen atoms in total. The van der Waals surface area contributed by atoms with Crippen molar-refractivity contribution in [1.29, 1.82) is 0 Å². The van der Waals surface area contributed by atoms with E-state index in [0.29, 0.717) is 11.5 Å². The molecular formula is C15H21N. The highest BCUT2D eigenvalue weighted by Gasteiger charge is 2.66. The Morgan fingerprint density at radius 2 is 2.00 bits per heavy atom. The lowest BCUT2D eigenvalue weighted by molar-refractivity contribution is 0.488. The van der Waals surface area contributed by atoms with Gasteiger partial charge in [-0.15, -0.1) is 0 Å². The summed E-state index contributed by atoms with van der Waals surface area (Å²) in [7, 11) is 0. The van der Waals surface area contributed by atoms with Gasteiger partial charge in [-0.1, -0.05) is 50.6 Å². The normalized spacial score (nSPS) is 36.4. The Balaban J connectivity index is 1.87. The van der Waals surface area contributed by atoms with Crippen LogP contribution in [0.5, 0.6) is 0 Å². The van der Waals surface area contributed by atoms with Crippen molar-refractivity contribution >= 4 is 0 Å². The average molecular weight is 215 g/mol. The number of benzene rings is 1. The molecule has 2 unspecified atom stereocenters. The molecule has 3 rings (SSSR count). The SMILES string of the molecule is CC(C)N[C@@H]1C2CCCC21c1ccccc1. The maximum absolute atomic E-state index is 3.76. The zero-order valence-corrected chi connectivity index (χ0v) is 10.2. The Kier molecular flexibility index (Phi) is 2.32. The van der Waals surface area contributed by atoms with E-state index in [4.69, 9.17) is 0 Å². The third kappa shape index (κ3) is 1.34. The second-order valence-electron chi connectivity index (χ2n) is 5.70. The highest BCUT2D eigenvalue weighted by molar-refractivity contribution is 5.41. The number of rotatable bonds is 3. The second kappa shape index (κ2) is 3.59. The Labute approximate surface area is 98.3 Å². The molecule has 0 bridgehead atoms. The van der Waals surface area contributed by atoms with Crippen LogP contribution in [0.3, 0.4) is 0 Å². The van der Waals surface area contributed by atoms with Crippen molar-refractivity contribution in [2.45, 2.75) is 50.6 Å². The van der Waals surface area contributed by atoms with Gasteiger partial charge >= 0.3 is 0 Å². The molecule has 3 atom stereocenters. The largest absolute Gasteiger partial charge is 0.311 e. The molecule has 0 amide bonds. The van der Waals surface area contributed by atoms with Gasteiger partial charge in [0, 0.05) is 17.5 Å². The zero-order valence-electron chi connectivity index (χ0n) is 10.2. The monoisotopic (exact) mass is 215 g/mol. The molecule has 1 aromatic rings. The van der Waals surface area contributed by atoms with Crippen LogP contribution >= 0.6 is 0 Å². The molecule has 0 aliphatic heterocycles. The predicted octanol–water partition coefficient (Wildman–Crippen LogP) is 3.10. The van der Waals surface area contributed by atoms with Gasteiger partial charge in [-0.05, 0) is 24.3 Å². The van der Waals surface area contributed by atoms with Gasteiger partial charge in [0.25, 0.3) is 0 Å². The zero-order chi connectivity index (χ0) is 11.2. The molecule has 86 valence electrons. The van der Waals surface area contributed by atoms with Crippen molar-refractivity contribution in [3.8, 4) is 0 Å². The summed E-state index contributed by atoms with van der Waals surface area (Å²) in [5, 5.41) is 3.76. The molecule has 2 aliphatic rings. The quantitative estimate of drug-likeness (QED) is 0.817. The fraction of sp³-hybridized carbons (Fsp3) is 0.600. The van der Waals surface area contributed by atoms with Crippen LogP contribution in [0, 0.1) is 5.92 Å². The van der Waals surface area contributed by atoms with E-state index >= 15 is 0 Å². The molecular weight excluding hydrogens is 194 g/mol. The fourth-order valence-corrected chi connectivity index (χ4v) is 3.81. The molecule has 2 fully saturated rings. The van der Waals surface area contributed by atoms with Gasteiger partial charge in [0.2, 0.25) is 0 Å². The molecule has 1 aromatic carbocycles. The summed E-state index contributed by atoms with van der Waals surface area (Å²) in [5.74, 6) is 0.900. The molecule has 0 saturated heterocycles. The Morgan fingerprint density at radius 1 is 1.25 bits per heavy atom. The first-order valence-corrected chi connectivity index (χ1v) is 6.57. The maximum atomic E-state index is 3.76. The van der Waals surface area contributed by atoms with Crippen molar-refractivity contribution in [3.05, 3.63) is 35.9 Å². The number of hydrogen-bond donors (Lipinski definition) is 1. The molecule has 0 heterocycles. The summed E-state index contributed by atoms with van der Waals surface area (Å²) in [4.78, 5) is 0. The lowest BCUT2D eigenvalue weighted by Gasteiger charge is -2.18. The molecule has 2 saturated carbocycles. The molecule has 1 N–H and O–H groups in total. The summed E-state index contributed by atoms with van der Waals surface area (Å²) in [6.45, 7) is 4.51. The molecule has 0 aromatic heterocycles. The second-order valence-corrected chi connectivity index (χ2v) is 5.70. The molecule has 16 heavy (non-hydrogen) atoms. The van der Waals surface area contributed by atoms with Crippen molar-refractivity contribution < 1.29 is 0 Å². The first-order valence-electron chi connectivity index (χ1n) is 6.57. The number of hydrogen-bond acceptors (Lipinski definition) is 1. The van der Waals surface area contributed by atoms with E-state index < -0.39 is 0 Å². The summed E-state index contributed by atoms with van der Waals surface area (Å²) in [5.41, 5.74) is 2.06. The average Bonchev–Trinajstić information content (AvgIpc) is 2.72. The van der Waals surface area contributed by atoms with E-state index in [-0.39, 0.29) is 0 Å². The smallest absolute Gasteiger partial charge is 0.0207 e. The first kappa shape index (κ1) is 10.3. The lowest BCUT2D eigenvalue weighted by Crippen LogP contribution is -2.31. The molecule has 0 spiro atoms. The Hall–Kier alpha value is -0.820. The van der Waals surface area contributed by atoms with Crippen molar-refractivity contribution in [1.82, 2.24) is 5.32 Å². The van der Waals surface area contributed by atoms with Crippen LogP contribution in [-0.2, 0) is 5.41 Å². The van der Waals surface area contributed by atoms with Gasteiger partial charge in [0.05, 0.1) is 0 Å². The minimum absolute atomic E-state index is 0.492. The van der Waals surface area contributed by atoms with Gasteiger partial charge in [0.1, 0.15) is 0 Å². The van der Waals surface area contributed by atoms with E-state index in [1.807, 2.05) is 0 Å². The molecule has 2 aliphatic carbocycles. The van der Waals surface area contributed by atoms with E-state index in [9.17, 15) is 0 Å². The number of nitrogens with one attached hydrogen (secondary N) is 1.